The second-order valence-corrected chi connectivity index (χ2v) is 6.00. The predicted octanol–water partition coefficient (Wildman–Crippen LogP) is 3.02. The minimum absolute atomic E-state index is 0.0296. The van der Waals surface area contributed by atoms with E-state index in [1.165, 1.54) is 5.57 Å². The van der Waals surface area contributed by atoms with Gasteiger partial charge in [0.2, 0.25) is 0 Å². The van der Waals surface area contributed by atoms with Crippen molar-refractivity contribution in [1.29, 1.82) is 0 Å². The molecule has 0 amide bonds. The van der Waals surface area contributed by atoms with E-state index in [1.54, 1.807) is 0 Å². The molecule has 0 aromatic carbocycles. The predicted molar refractivity (Wildman–Crippen MR) is 68.6 cm³/mol. The molecular weight excluding hydrogens is 212 g/mol. The number of carbonyl (C=O) groups is 1. The van der Waals surface area contributed by atoms with Crippen LogP contribution >= 0.6 is 0 Å². The Balaban J connectivity index is 2.47. The van der Waals surface area contributed by atoms with Gasteiger partial charge in [0.25, 0.3) is 0 Å². The van der Waals surface area contributed by atoms with Crippen molar-refractivity contribution in [3.05, 3.63) is 22.8 Å². The van der Waals surface area contributed by atoms with Crippen molar-refractivity contribution in [3.63, 3.8) is 0 Å². The summed E-state index contributed by atoms with van der Waals surface area (Å²) in [4.78, 5) is 12.0. The summed E-state index contributed by atoms with van der Waals surface area (Å²) in [5.74, 6) is 0.408. The van der Waals surface area contributed by atoms with E-state index in [2.05, 4.69) is 13.8 Å². The molecule has 0 spiro atoms. The van der Waals surface area contributed by atoms with Crippen LogP contribution in [0.2, 0.25) is 0 Å². The minimum Gasteiger partial charge on any atom is -0.393 e. The summed E-state index contributed by atoms with van der Waals surface area (Å²) in [6.45, 7) is 8.30. The average Bonchev–Trinajstić information content (AvgIpc) is 2.26. The molecule has 0 aromatic heterocycles. The lowest BCUT2D eigenvalue weighted by Gasteiger charge is -2.47. The van der Waals surface area contributed by atoms with Gasteiger partial charge in [0.15, 0.2) is 5.78 Å². The van der Waals surface area contributed by atoms with Crippen molar-refractivity contribution < 1.29 is 9.90 Å². The number of ketones is 1. The Morgan fingerprint density at radius 1 is 1.47 bits per heavy atom. The van der Waals surface area contributed by atoms with Crippen molar-refractivity contribution >= 4 is 5.78 Å². The van der Waals surface area contributed by atoms with Crippen LogP contribution in [0.1, 0.15) is 47.0 Å². The molecule has 17 heavy (non-hydrogen) atoms. The monoisotopic (exact) mass is 234 g/mol. The minimum atomic E-state index is -0.233. The number of hydrogen-bond acceptors (Lipinski definition) is 2. The molecule has 1 saturated carbocycles. The van der Waals surface area contributed by atoms with E-state index in [0.29, 0.717) is 0 Å². The van der Waals surface area contributed by atoms with Crippen LogP contribution < -0.4 is 0 Å². The van der Waals surface area contributed by atoms with Crippen LogP contribution in [0.25, 0.3) is 0 Å². The Labute approximate surface area is 103 Å². The van der Waals surface area contributed by atoms with Crippen molar-refractivity contribution in [2.24, 2.45) is 11.3 Å². The third-order valence-electron chi connectivity index (χ3n) is 4.78. The van der Waals surface area contributed by atoms with Crippen molar-refractivity contribution in [2.75, 3.05) is 0 Å². The summed E-state index contributed by atoms with van der Waals surface area (Å²) < 4.78 is 0. The highest BCUT2D eigenvalue weighted by atomic mass is 16.3. The van der Waals surface area contributed by atoms with E-state index in [4.69, 9.17) is 0 Å². The fourth-order valence-electron chi connectivity index (χ4n) is 3.19. The van der Waals surface area contributed by atoms with Gasteiger partial charge in [-0.1, -0.05) is 25.0 Å². The van der Waals surface area contributed by atoms with Gasteiger partial charge in [0, 0.05) is 0 Å². The Morgan fingerprint density at radius 3 is 2.71 bits per heavy atom. The molecule has 0 saturated heterocycles. The van der Waals surface area contributed by atoms with E-state index < -0.39 is 0 Å². The fraction of sp³-hybridized carbons (Fsp3) is 0.667. The van der Waals surface area contributed by atoms with Gasteiger partial charge in [0.1, 0.15) is 0 Å². The number of aliphatic hydroxyl groups excluding tert-OH is 1. The molecule has 94 valence electrons. The molecule has 1 fully saturated rings. The third kappa shape index (κ3) is 1.89. The number of allylic oxidation sites excluding steroid dienone is 4. The molecule has 1 N–H and O–H groups in total. The molecule has 2 heteroatoms. The van der Waals surface area contributed by atoms with Crippen LogP contribution in [-0.4, -0.2) is 17.0 Å². The highest BCUT2D eigenvalue weighted by molar-refractivity contribution is 6.06. The third-order valence-corrected chi connectivity index (χ3v) is 4.78. The molecule has 0 bridgehead atoms. The zero-order valence-electron chi connectivity index (χ0n) is 11.2. The van der Waals surface area contributed by atoms with E-state index in [1.807, 2.05) is 19.9 Å². The highest BCUT2D eigenvalue weighted by Crippen LogP contribution is 2.51. The number of fused-ring (bicyclic) bond motifs is 1. The Bertz CT molecular complexity index is 413. The smallest absolute Gasteiger partial charge is 0.181 e. The lowest BCUT2D eigenvalue weighted by atomic mass is 9.58. The Morgan fingerprint density at radius 2 is 2.12 bits per heavy atom. The van der Waals surface area contributed by atoms with Gasteiger partial charge in [0.05, 0.1) is 6.10 Å². The molecular formula is C15H22O2. The first-order valence-electron chi connectivity index (χ1n) is 6.46. The van der Waals surface area contributed by atoms with Gasteiger partial charge in [-0.15, -0.1) is 0 Å². The first kappa shape index (κ1) is 12.6. The van der Waals surface area contributed by atoms with E-state index in [0.717, 1.165) is 30.4 Å². The van der Waals surface area contributed by atoms with Crippen LogP contribution in [0.3, 0.4) is 0 Å². The molecule has 0 radical (unpaired) electrons. The van der Waals surface area contributed by atoms with Gasteiger partial charge >= 0.3 is 0 Å². The van der Waals surface area contributed by atoms with Crippen LogP contribution in [0.4, 0.5) is 0 Å². The van der Waals surface area contributed by atoms with Gasteiger partial charge in [-0.25, -0.2) is 0 Å². The highest BCUT2D eigenvalue weighted by Gasteiger charge is 2.45. The van der Waals surface area contributed by atoms with Gasteiger partial charge in [-0.2, -0.15) is 0 Å². The molecule has 0 aliphatic heterocycles. The first-order valence-corrected chi connectivity index (χ1v) is 6.46. The van der Waals surface area contributed by atoms with Crippen molar-refractivity contribution in [3.8, 4) is 0 Å². The SMILES string of the molecule is CC(C)=C1C[C@@]2(C)C(=CC1=O)CC[C@H](O)[C@@H]2C. The summed E-state index contributed by atoms with van der Waals surface area (Å²) in [5.41, 5.74) is 3.26. The lowest BCUT2D eigenvalue weighted by molar-refractivity contribution is -0.112. The number of carbonyl (C=O) groups excluding carboxylic acids is 1. The standard InChI is InChI=1S/C15H22O2/c1-9(2)12-8-15(4)10(3)13(16)6-5-11(15)7-14(12)17/h7,10,13,16H,5-6,8H2,1-4H3/t10-,13-,15+/m0/s1. The molecule has 2 aliphatic rings. The van der Waals surface area contributed by atoms with Gasteiger partial charge < -0.3 is 5.11 Å². The van der Waals surface area contributed by atoms with Crippen molar-refractivity contribution in [2.45, 2.75) is 53.1 Å². The van der Waals surface area contributed by atoms with E-state index >= 15 is 0 Å². The lowest BCUT2D eigenvalue weighted by Crippen LogP contribution is -2.43. The summed E-state index contributed by atoms with van der Waals surface area (Å²) in [6, 6.07) is 0. The van der Waals surface area contributed by atoms with Crippen LogP contribution in [0, 0.1) is 11.3 Å². The summed E-state index contributed by atoms with van der Waals surface area (Å²) in [5, 5.41) is 10.0. The molecule has 2 nitrogen and oxygen atoms in total. The van der Waals surface area contributed by atoms with Crippen molar-refractivity contribution in [1.82, 2.24) is 0 Å². The van der Waals surface area contributed by atoms with Gasteiger partial charge in [-0.05, 0) is 56.1 Å². The van der Waals surface area contributed by atoms with Crippen LogP contribution in [-0.2, 0) is 4.79 Å². The molecule has 0 heterocycles. The van der Waals surface area contributed by atoms with Crippen LogP contribution in [0.15, 0.2) is 22.8 Å². The molecule has 0 unspecified atom stereocenters. The molecule has 2 aliphatic carbocycles. The summed E-state index contributed by atoms with van der Waals surface area (Å²) >= 11 is 0. The largest absolute Gasteiger partial charge is 0.393 e. The zero-order valence-corrected chi connectivity index (χ0v) is 11.2. The first-order chi connectivity index (χ1) is 7.86. The maximum absolute atomic E-state index is 12.0. The number of aliphatic hydroxyl groups is 1. The molecule has 2 rings (SSSR count). The maximum atomic E-state index is 12.0. The second-order valence-electron chi connectivity index (χ2n) is 6.00. The topological polar surface area (TPSA) is 37.3 Å². The Hall–Kier alpha value is -0.890. The average molecular weight is 234 g/mol. The second kappa shape index (κ2) is 4.09. The fourth-order valence-corrected chi connectivity index (χ4v) is 3.19. The van der Waals surface area contributed by atoms with Gasteiger partial charge in [-0.3, -0.25) is 4.79 Å². The summed E-state index contributed by atoms with van der Waals surface area (Å²) in [7, 11) is 0. The van der Waals surface area contributed by atoms with E-state index in [9.17, 15) is 9.90 Å². The maximum Gasteiger partial charge on any atom is 0.181 e. The summed E-state index contributed by atoms with van der Waals surface area (Å²) in [6.07, 6.45) is 4.04. The molecule has 0 aromatic rings. The van der Waals surface area contributed by atoms with Crippen LogP contribution in [0.5, 0.6) is 0 Å². The number of rotatable bonds is 0. The number of hydrogen-bond donors (Lipinski definition) is 1. The zero-order chi connectivity index (χ0) is 12.8. The Kier molecular flexibility index (Phi) is 3.03. The van der Waals surface area contributed by atoms with E-state index in [-0.39, 0.29) is 23.2 Å². The quantitative estimate of drug-likeness (QED) is 0.654. The normalized spacial score (nSPS) is 37.6. The molecule has 3 atom stereocenters.